The van der Waals surface area contributed by atoms with Gasteiger partial charge in [0.05, 0.1) is 11.1 Å². The Bertz CT molecular complexity index is 416. The number of halogens is 6. The quantitative estimate of drug-likeness (QED) is 0.645. The zero-order valence-electron chi connectivity index (χ0n) is 9.78. The van der Waals surface area contributed by atoms with Gasteiger partial charge in [-0.05, 0) is 24.0 Å². The highest BCUT2D eigenvalue weighted by Crippen LogP contribution is 2.44. The number of rotatable bonds is 2. The SMILES string of the molecule is CCC(C)c1cccc(C(F)(F)F)c1C(F)(F)F. The number of hydrogen-bond donors (Lipinski definition) is 0. The topological polar surface area (TPSA) is 0 Å². The Morgan fingerprint density at radius 2 is 1.56 bits per heavy atom. The van der Waals surface area contributed by atoms with E-state index in [0.717, 1.165) is 12.1 Å². The monoisotopic (exact) mass is 270 g/mol. The van der Waals surface area contributed by atoms with Gasteiger partial charge in [0.2, 0.25) is 0 Å². The Morgan fingerprint density at radius 3 is 1.94 bits per heavy atom. The molecule has 1 aromatic carbocycles. The lowest BCUT2D eigenvalue weighted by Gasteiger charge is -2.21. The van der Waals surface area contributed by atoms with Gasteiger partial charge >= 0.3 is 12.4 Å². The molecular formula is C12H12F6. The van der Waals surface area contributed by atoms with E-state index in [0.29, 0.717) is 12.5 Å². The summed E-state index contributed by atoms with van der Waals surface area (Å²) in [6.07, 6.45) is -9.68. The standard InChI is InChI=1S/C12H12F6/c1-3-7(2)8-5-4-6-9(11(13,14)15)10(8)12(16,17)18/h4-7H,3H2,1-2H3. The fraction of sp³-hybridized carbons (Fsp3) is 0.500. The smallest absolute Gasteiger partial charge is 0.166 e. The van der Waals surface area contributed by atoms with Gasteiger partial charge in [-0.15, -0.1) is 0 Å². The first-order valence-corrected chi connectivity index (χ1v) is 5.36. The molecule has 0 amide bonds. The second-order valence-corrected chi connectivity index (χ2v) is 4.07. The van der Waals surface area contributed by atoms with Crippen LogP contribution in [-0.4, -0.2) is 0 Å². The van der Waals surface area contributed by atoms with Crippen molar-refractivity contribution in [2.75, 3.05) is 0 Å². The van der Waals surface area contributed by atoms with Gasteiger partial charge in [0.15, 0.2) is 0 Å². The molecule has 0 radical (unpaired) electrons. The van der Waals surface area contributed by atoms with Gasteiger partial charge in [-0.25, -0.2) is 0 Å². The molecule has 0 saturated heterocycles. The van der Waals surface area contributed by atoms with Crippen LogP contribution in [0.5, 0.6) is 0 Å². The van der Waals surface area contributed by atoms with Crippen molar-refractivity contribution >= 4 is 0 Å². The van der Waals surface area contributed by atoms with Crippen LogP contribution in [0.2, 0.25) is 0 Å². The molecule has 0 aliphatic carbocycles. The summed E-state index contributed by atoms with van der Waals surface area (Å²) >= 11 is 0. The van der Waals surface area contributed by atoms with Gasteiger partial charge in [-0.1, -0.05) is 26.0 Å². The van der Waals surface area contributed by atoms with Gasteiger partial charge in [0.25, 0.3) is 0 Å². The van der Waals surface area contributed by atoms with Crippen LogP contribution < -0.4 is 0 Å². The number of benzene rings is 1. The molecule has 1 atom stereocenters. The van der Waals surface area contributed by atoms with Gasteiger partial charge in [0, 0.05) is 0 Å². The third-order valence-electron chi connectivity index (χ3n) is 2.83. The van der Waals surface area contributed by atoms with Crippen molar-refractivity contribution in [3.63, 3.8) is 0 Å². The van der Waals surface area contributed by atoms with Crippen molar-refractivity contribution in [1.29, 1.82) is 0 Å². The maximum Gasteiger partial charge on any atom is 0.417 e. The maximum absolute atomic E-state index is 12.8. The summed E-state index contributed by atoms with van der Waals surface area (Å²) in [5.74, 6) is -0.580. The molecule has 18 heavy (non-hydrogen) atoms. The molecule has 0 aromatic heterocycles. The fourth-order valence-corrected chi connectivity index (χ4v) is 1.75. The normalized spacial score (nSPS) is 14.7. The van der Waals surface area contributed by atoms with Crippen LogP contribution in [0.1, 0.15) is 42.9 Å². The summed E-state index contributed by atoms with van der Waals surface area (Å²) in [5, 5.41) is 0. The average Bonchev–Trinajstić information content (AvgIpc) is 2.24. The van der Waals surface area contributed by atoms with Crippen LogP contribution in [-0.2, 0) is 12.4 Å². The van der Waals surface area contributed by atoms with Gasteiger partial charge in [-0.3, -0.25) is 0 Å². The molecule has 0 spiro atoms. The lowest BCUT2D eigenvalue weighted by atomic mass is 9.90. The molecule has 0 aliphatic rings. The lowest BCUT2D eigenvalue weighted by molar-refractivity contribution is -0.162. The van der Waals surface area contributed by atoms with E-state index in [1.807, 2.05) is 0 Å². The molecule has 1 aromatic rings. The molecule has 0 nitrogen and oxygen atoms in total. The Hall–Kier alpha value is -1.20. The largest absolute Gasteiger partial charge is 0.417 e. The van der Waals surface area contributed by atoms with E-state index in [9.17, 15) is 26.3 Å². The second kappa shape index (κ2) is 4.82. The van der Waals surface area contributed by atoms with Crippen LogP contribution in [0.4, 0.5) is 26.3 Å². The Labute approximate surface area is 101 Å². The molecular weight excluding hydrogens is 258 g/mol. The van der Waals surface area contributed by atoms with Gasteiger partial charge < -0.3 is 0 Å². The highest BCUT2D eigenvalue weighted by Gasteiger charge is 2.44. The zero-order chi connectivity index (χ0) is 14.1. The Kier molecular flexibility index (Phi) is 3.98. The minimum atomic E-state index is -5.01. The van der Waals surface area contributed by atoms with Crippen LogP contribution >= 0.6 is 0 Å². The van der Waals surface area contributed by atoms with Gasteiger partial charge in [-0.2, -0.15) is 26.3 Å². The van der Waals surface area contributed by atoms with Crippen molar-refractivity contribution in [2.45, 2.75) is 38.5 Å². The molecule has 1 unspecified atom stereocenters. The van der Waals surface area contributed by atoms with Crippen molar-refractivity contribution in [3.05, 3.63) is 34.9 Å². The van der Waals surface area contributed by atoms with E-state index in [2.05, 4.69) is 0 Å². The summed E-state index contributed by atoms with van der Waals surface area (Å²) < 4.78 is 76.4. The van der Waals surface area contributed by atoms with Crippen molar-refractivity contribution < 1.29 is 26.3 Å². The molecule has 1 rings (SSSR count). The lowest BCUT2D eigenvalue weighted by Crippen LogP contribution is -2.19. The van der Waals surface area contributed by atoms with Crippen molar-refractivity contribution in [2.24, 2.45) is 0 Å². The first-order chi connectivity index (χ1) is 8.09. The predicted molar refractivity (Wildman–Crippen MR) is 55.2 cm³/mol. The Morgan fingerprint density at radius 1 is 1.00 bits per heavy atom. The minimum absolute atomic E-state index is 0.306. The third-order valence-corrected chi connectivity index (χ3v) is 2.83. The minimum Gasteiger partial charge on any atom is -0.166 e. The second-order valence-electron chi connectivity index (χ2n) is 4.07. The van der Waals surface area contributed by atoms with E-state index < -0.39 is 29.4 Å². The van der Waals surface area contributed by atoms with Crippen LogP contribution in [0.15, 0.2) is 18.2 Å². The van der Waals surface area contributed by atoms with E-state index in [4.69, 9.17) is 0 Å². The van der Waals surface area contributed by atoms with Gasteiger partial charge in [0.1, 0.15) is 0 Å². The number of alkyl halides is 6. The van der Waals surface area contributed by atoms with Crippen LogP contribution in [0.3, 0.4) is 0 Å². The highest BCUT2D eigenvalue weighted by atomic mass is 19.4. The van der Waals surface area contributed by atoms with Crippen molar-refractivity contribution in [1.82, 2.24) is 0 Å². The molecule has 0 N–H and O–H groups in total. The van der Waals surface area contributed by atoms with Crippen LogP contribution in [0.25, 0.3) is 0 Å². The van der Waals surface area contributed by atoms with E-state index in [1.165, 1.54) is 6.92 Å². The molecule has 0 heterocycles. The summed E-state index contributed by atoms with van der Waals surface area (Å²) in [6, 6.07) is 2.58. The molecule has 0 aliphatic heterocycles. The maximum atomic E-state index is 12.8. The first-order valence-electron chi connectivity index (χ1n) is 5.36. The first kappa shape index (κ1) is 14.9. The van der Waals surface area contributed by atoms with Crippen molar-refractivity contribution in [3.8, 4) is 0 Å². The summed E-state index contributed by atoms with van der Waals surface area (Å²) in [6.45, 7) is 3.11. The average molecular weight is 270 g/mol. The summed E-state index contributed by atoms with van der Waals surface area (Å²) in [7, 11) is 0. The van der Waals surface area contributed by atoms with E-state index in [1.54, 1.807) is 6.92 Å². The zero-order valence-corrected chi connectivity index (χ0v) is 9.78. The number of hydrogen-bond acceptors (Lipinski definition) is 0. The molecule has 0 saturated carbocycles. The van der Waals surface area contributed by atoms with E-state index >= 15 is 0 Å². The highest BCUT2D eigenvalue weighted by molar-refractivity contribution is 5.41. The predicted octanol–water partition coefficient (Wildman–Crippen LogP) is 5.24. The van der Waals surface area contributed by atoms with Crippen LogP contribution in [0, 0.1) is 0 Å². The molecule has 6 heteroatoms. The van der Waals surface area contributed by atoms with E-state index in [-0.39, 0.29) is 5.56 Å². The Balaban J connectivity index is 3.56. The molecule has 0 fully saturated rings. The molecule has 102 valence electrons. The summed E-state index contributed by atoms with van der Waals surface area (Å²) in [5.41, 5.74) is -3.49. The molecule has 0 bridgehead atoms. The summed E-state index contributed by atoms with van der Waals surface area (Å²) in [4.78, 5) is 0. The fourth-order valence-electron chi connectivity index (χ4n) is 1.75. The third kappa shape index (κ3) is 2.97.